The van der Waals surface area contributed by atoms with Gasteiger partial charge >= 0.3 is 0 Å². The Kier molecular flexibility index (Phi) is 4.60. The fourth-order valence-corrected chi connectivity index (χ4v) is 1.77. The smallest absolute Gasteiger partial charge is 0.122 e. The minimum atomic E-state index is -0.120. The standard InChI is InChI=1S/C17H16O2/c1-14-12-15(8-5-11-18)9-10-17(14)19-13-16-6-3-2-4-7-16/h2-4,6-7,9-10,12,18H,11,13H2,1H3. The lowest BCUT2D eigenvalue weighted by molar-refractivity contribution is 0.304. The molecule has 2 aromatic carbocycles. The van der Waals surface area contributed by atoms with Gasteiger partial charge in [0.05, 0.1) is 0 Å². The zero-order chi connectivity index (χ0) is 13.5. The molecule has 96 valence electrons. The first-order valence-corrected chi connectivity index (χ1v) is 6.16. The normalized spacial score (nSPS) is 9.58. The van der Waals surface area contributed by atoms with E-state index in [1.54, 1.807) is 0 Å². The number of ether oxygens (including phenoxy) is 1. The molecule has 0 aliphatic rings. The molecule has 19 heavy (non-hydrogen) atoms. The molecule has 0 radical (unpaired) electrons. The molecule has 0 aliphatic carbocycles. The first-order chi connectivity index (χ1) is 9.29. The molecule has 1 N–H and O–H groups in total. The van der Waals surface area contributed by atoms with Crippen molar-refractivity contribution in [2.45, 2.75) is 13.5 Å². The number of aryl methyl sites for hydroxylation is 1. The van der Waals surface area contributed by atoms with Crippen LogP contribution in [-0.4, -0.2) is 11.7 Å². The molecule has 2 heteroatoms. The van der Waals surface area contributed by atoms with Gasteiger partial charge in [0, 0.05) is 5.56 Å². The van der Waals surface area contributed by atoms with Gasteiger partial charge in [0.15, 0.2) is 0 Å². The van der Waals surface area contributed by atoms with Crippen LogP contribution in [0.4, 0.5) is 0 Å². The van der Waals surface area contributed by atoms with E-state index in [9.17, 15) is 0 Å². The molecule has 0 saturated heterocycles. The summed E-state index contributed by atoms with van der Waals surface area (Å²) in [4.78, 5) is 0. The topological polar surface area (TPSA) is 29.5 Å². The molecule has 2 rings (SSSR count). The molecular weight excluding hydrogens is 236 g/mol. The van der Waals surface area contributed by atoms with Crippen molar-refractivity contribution in [1.29, 1.82) is 0 Å². The number of hydrogen-bond donors (Lipinski definition) is 1. The first kappa shape index (κ1) is 13.2. The monoisotopic (exact) mass is 252 g/mol. The predicted octanol–water partition coefficient (Wildman–Crippen LogP) is 2.92. The van der Waals surface area contributed by atoms with Gasteiger partial charge in [-0.2, -0.15) is 0 Å². The SMILES string of the molecule is Cc1cc(C#CCO)ccc1OCc1ccccc1. The third-order valence-corrected chi connectivity index (χ3v) is 2.72. The van der Waals surface area contributed by atoms with Crippen LogP contribution in [0.15, 0.2) is 48.5 Å². The van der Waals surface area contributed by atoms with E-state index in [0.29, 0.717) is 6.61 Å². The number of benzene rings is 2. The summed E-state index contributed by atoms with van der Waals surface area (Å²) in [6.07, 6.45) is 0. The molecule has 2 aromatic rings. The Morgan fingerprint density at radius 1 is 1.11 bits per heavy atom. The molecule has 0 atom stereocenters. The van der Waals surface area contributed by atoms with Gasteiger partial charge < -0.3 is 9.84 Å². The van der Waals surface area contributed by atoms with Gasteiger partial charge in [0.2, 0.25) is 0 Å². The fourth-order valence-electron chi connectivity index (χ4n) is 1.77. The van der Waals surface area contributed by atoms with Crippen molar-refractivity contribution in [3.8, 4) is 17.6 Å². The Hall–Kier alpha value is -2.24. The highest BCUT2D eigenvalue weighted by Crippen LogP contribution is 2.20. The largest absolute Gasteiger partial charge is 0.489 e. The van der Waals surface area contributed by atoms with Crippen LogP contribution < -0.4 is 4.74 Å². The lowest BCUT2D eigenvalue weighted by Crippen LogP contribution is -1.97. The van der Waals surface area contributed by atoms with Crippen LogP contribution in [0.5, 0.6) is 5.75 Å². The van der Waals surface area contributed by atoms with Crippen molar-refractivity contribution in [2.24, 2.45) is 0 Å². The van der Waals surface area contributed by atoms with Crippen LogP contribution in [-0.2, 0) is 6.61 Å². The second kappa shape index (κ2) is 6.63. The Labute approximate surface area is 113 Å². The van der Waals surface area contributed by atoms with Gasteiger partial charge in [-0.25, -0.2) is 0 Å². The number of rotatable bonds is 3. The summed E-state index contributed by atoms with van der Waals surface area (Å²) in [5.41, 5.74) is 3.07. The van der Waals surface area contributed by atoms with Gasteiger partial charge in [-0.1, -0.05) is 42.2 Å². The molecule has 0 saturated carbocycles. The Balaban J connectivity index is 2.05. The number of hydrogen-bond acceptors (Lipinski definition) is 2. The molecule has 0 aliphatic heterocycles. The Morgan fingerprint density at radius 3 is 2.58 bits per heavy atom. The zero-order valence-electron chi connectivity index (χ0n) is 10.9. The zero-order valence-corrected chi connectivity index (χ0v) is 10.9. The summed E-state index contributed by atoms with van der Waals surface area (Å²) in [5.74, 6) is 6.37. The average Bonchev–Trinajstić information content (AvgIpc) is 2.45. The first-order valence-electron chi connectivity index (χ1n) is 6.16. The Bertz CT molecular complexity index is 592. The lowest BCUT2D eigenvalue weighted by Gasteiger charge is -2.09. The van der Waals surface area contributed by atoms with E-state index in [4.69, 9.17) is 9.84 Å². The van der Waals surface area contributed by atoms with Crippen molar-refractivity contribution < 1.29 is 9.84 Å². The quantitative estimate of drug-likeness (QED) is 0.851. The van der Waals surface area contributed by atoms with Gasteiger partial charge in [-0.05, 0) is 36.2 Å². The third kappa shape index (κ3) is 3.87. The summed E-state index contributed by atoms with van der Waals surface area (Å²) in [6.45, 7) is 2.43. The van der Waals surface area contributed by atoms with Gasteiger partial charge in [-0.3, -0.25) is 0 Å². The van der Waals surface area contributed by atoms with E-state index in [2.05, 4.69) is 11.8 Å². The van der Waals surface area contributed by atoms with Crippen molar-refractivity contribution >= 4 is 0 Å². The molecule has 0 bridgehead atoms. The molecule has 0 unspecified atom stereocenters. The number of aliphatic hydroxyl groups excluding tert-OH is 1. The molecular formula is C17H16O2. The van der Waals surface area contributed by atoms with Gasteiger partial charge in [0.1, 0.15) is 19.0 Å². The van der Waals surface area contributed by atoms with Crippen LogP contribution in [0.25, 0.3) is 0 Å². The minimum absolute atomic E-state index is 0.120. The minimum Gasteiger partial charge on any atom is -0.489 e. The van der Waals surface area contributed by atoms with Crippen LogP contribution in [0.1, 0.15) is 16.7 Å². The molecule has 0 amide bonds. The van der Waals surface area contributed by atoms with Gasteiger partial charge in [-0.15, -0.1) is 0 Å². The highest BCUT2D eigenvalue weighted by molar-refractivity contribution is 5.43. The Morgan fingerprint density at radius 2 is 1.89 bits per heavy atom. The third-order valence-electron chi connectivity index (χ3n) is 2.72. The van der Waals surface area contributed by atoms with Crippen molar-refractivity contribution in [1.82, 2.24) is 0 Å². The van der Waals surface area contributed by atoms with Crippen molar-refractivity contribution in [3.63, 3.8) is 0 Å². The highest BCUT2D eigenvalue weighted by Gasteiger charge is 2.00. The maximum Gasteiger partial charge on any atom is 0.122 e. The van der Waals surface area contributed by atoms with Crippen LogP contribution >= 0.6 is 0 Å². The summed E-state index contributed by atoms with van der Waals surface area (Å²) in [7, 11) is 0. The van der Waals surface area contributed by atoms with Crippen LogP contribution in [0.3, 0.4) is 0 Å². The lowest BCUT2D eigenvalue weighted by atomic mass is 10.1. The average molecular weight is 252 g/mol. The molecule has 2 nitrogen and oxygen atoms in total. The van der Waals surface area contributed by atoms with E-state index in [1.807, 2.05) is 55.5 Å². The summed E-state index contributed by atoms with van der Waals surface area (Å²) in [5, 5.41) is 8.66. The van der Waals surface area contributed by atoms with E-state index in [0.717, 1.165) is 22.4 Å². The van der Waals surface area contributed by atoms with E-state index >= 15 is 0 Å². The molecule has 0 fully saturated rings. The van der Waals surface area contributed by atoms with Crippen molar-refractivity contribution in [2.75, 3.05) is 6.61 Å². The fraction of sp³-hybridized carbons (Fsp3) is 0.176. The maximum atomic E-state index is 8.66. The second-order valence-electron chi connectivity index (χ2n) is 4.21. The molecule has 0 aromatic heterocycles. The van der Waals surface area contributed by atoms with Crippen molar-refractivity contribution in [3.05, 3.63) is 65.2 Å². The van der Waals surface area contributed by atoms with Crippen LogP contribution in [0.2, 0.25) is 0 Å². The van der Waals surface area contributed by atoms with Gasteiger partial charge in [0.25, 0.3) is 0 Å². The summed E-state index contributed by atoms with van der Waals surface area (Å²) < 4.78 is 5.78. The summed E-state index contributed by atoms with van der Waals surface area (Å²) >= 11 is 0. The molecule has 0 spiro atoms. The number of aliphatic hydroxyl groups is 1. The van der Waals surface area contributed by atoms with E-state index in [-0.39, 0.29) is 6.61 Å². The second-order valence-corrected chi connectivity index (χ2v) is 4.21. The molecule has 0 heterocycles. The predicted molar refractivity (Wildman–Crippen MR) is 75.9 cm³/mol. The maximum absolute atomic E-state index is 8.66. The van der Waals surface area contributed by atoms with Crippen LogP contribution in [0, 0.1) is 18.8 Å². The highest BCUT2D eigenvalue weighted by atomic mass is 16.5. The van der Waals surface area contributed by atoms with E-state index < -0.39 is 0 Å². The van der Waals surface area contributed by atoms with E-state index in [1.165, 1.54) is 0 Å². The summed E-state index contributed by atoms with van der Waals surface area (Å²) in [6, 6.07) is 15.8.